The number of carbonyl (C=O) groups excluding carboxylic acids is 2. The van der Waals surface area contributed by atoms with E-state index in [-0.39, 0.29) is 16.5 Å². The fourth-order valence-corrected chi connectivity index (χ4v) is 4.74. The van der Waals surface area contributed by atoms with Gasteiger partial charge in [0.2, 0.25) is 5.91 Å². The van der Waals surface area contributed by atoms with Crippen LogP contribution in [0.15, 0.2) is 77.7 Å². The van der Waals surface area contributed by atoms with Crippen molar-refractivity contribution < 1.29 is 31.2 Å². The van der Waals surface area contributed by atoms with Crippen LogP contribution in [0.5, 0.6) is 0 Å². The Morgan fingerprint density at radius 3 is 2.27 bits per heavy atom. The maximum absolute atomic E-state index is 13.1. The van der Waals surface area contributed by atoms with Crippen LogP contribution in [-0.2, 0) is 20.8 Å². The summed E-state index contributed by atoms with van der Waals surface area (Å²) in [6.45, 7) is 0.459. The number of piperidine rings is 1. The van der Waals surface area contributed by atoms with E-state index in [0.717, 1.165) is 41.6 Å². The normalized spacial score (nSPS) is 16.4. The van der Waals surface area contributed by atoms with Gasteiger partial charge in [0.25, 0.3) is 0 Å². The molecule has 0 bridgehead atoms. The average molecular weight is 532 g/mol. The molecule has 0 aromatic heterocycles. The number of anilines is 2. The SMILES string of the molecule is CS(=O)(=O)c1cccc(-c2ccc(N3CCC[C@@H](NC(=O)Nc4ccc(C(F)(F)F)cc4)C3=O)cc2)c1. The van der Waals surface area contributed by atoms with E-state index < -0.39 is 33.6 Å². The topological polar surface area (TPSA) is 95.6 Å². The Labute approximate surface area is 212 Å². The second-order valence-corrected chi connectivity index (χ2v) is 10.7. The molecule has 2 N–H and O–H groups in total. The molecule has 194 valence electrons. The number of benzene rings is 3. The highest BCUT2D eigenvalue weighted by Crippen LogP contribution is 2.30. The fourth-order valence-electron chi connectivity index (χ4n) is 4.07. The minimum atomic E-state index is -4.48. The first-order chi connectivity index (χ1) is 17.4. The summed E-state index contributed by atoms with van der Waals surface area (Å²) >= 11 is 0. The highest BCUT2D eigenvalue weighted by molar-refractivity contribution is 7.90. The number of hydrogen-bond acceptors (Lipinski definition) is 4. The van der Waals surface area contributed by atoms with E-state index in [0.29, 0.717) is 25.1 Å². The molecule has 1 atom stereocenters. The summed E-state index contributed by atoms with van der Waals surface area (Å²) in [5.74, 6) is -0.305. The summed E-state index contributed by atoms with van der Waals surface area (Å²) in [6.07, 6.45) is -2.27. The van der Waals surface area contributed by atoms with Gasteiger partial charge in [-0.15, -0.1) is 0 Å². The minimum absolute atomic E-state index is 0.168. The predicted octanol–water partition coefficient (Wildman–Crippen LogP) is 5.09. The standard InChI is InChI=1S/C26H24F3N3O4S/c1-37(35,36)22-5-2-4-18(16-22)17-7-13-21(14-8-17)32-15-3-6-23(24(32)33)31-25(34)30-20-11-9-19(10-12-20)26(27,28)29/h2,4-5,7-14,16,23H,3,6,15H2,1H3,(H2,30,31,34)/t23-/m1/s1. The van der Waals surface area contributed by atoms with Gasteiger partial charge in [0.05, 0.1) is 10.5 Å². The van der Waals surface area contributed by atoms with Crippen LogP contribution in [0.3, 0.4) is 0 Å². The van der Waals surface area contributed by atoms with E-state index in [1.165, 1.54) is 6.07 Å². The van der Waals surface area contributed by atoms with Gasteiger partial charge in [0.15, 0.2) is 9.84 Å². The highest BCUT2D eigenvalue weighted by Gasteiger charge is 2.32. The molecule has 0 radical (unpaired) electrons. The molecule has 37 heavy (non-hydrogen) atoms. The van der Waals surface area contributed by atoms with Crippen LogP contribution < -0.4 is 15.5 Å². The molecule has 0 saturated carbocycles. The monoisotopic (exact) mass is 531 g/mol. The second kappa shape index (κ2) is 10.3. The summed E-state index contributed by atoms with van der Waals surface area (Å²) in [4.78, 5) is 27.2. The van der Waals surface area contributed by atoms with Crippen molar-refractivity contribution in [2.45, 2.75) is 30.0 Å². The van der Waals surface area contributed by atoms with Crippen LogP contribution in [-0.4, -0.2) is 39.2 Å². The third kappa shape index (κ3) is 6.29. The molecule has 4 rings (SSSR count). The van der Waals surface area contributed by atoms with Gasteiger partial charge in [-0.05, 0) is 72.5 Å². The Balaban J connectivity index is 1.41. The molecule has 0 unspecified atom stereocenters. The molecule has 11 heteroatoms. The van der Waals surface area contributed by atoms with Crippen LogP contribution in [0, 0.1) is 0 Å². The maximum Gasteiger partial charge on any atom is 0.416 e. The Kier molecular flexibility index (Phi) is 7.26. The number of nitrogens with one attached hydrogen (secondary N) is 2. The fraction of sp³-hybridized carbons (Fsp3) is 0.231. The van der Waals surface area contributed by atoms with E-state index in [2.05, 4.69) is 10.6 Å². The van der Waals surface area contributed by atoms with Crippen molar-refractivity contribution in [2.24, 2.45) is 0 Å². The molecule has 0 spiro atoms. The lowest BCUT2D eigenvalue weighted by Crippen LogP contribution is -2.53. The summed E-state index contributed by atoms with van der Waals surface area (Å²) in [5, 5.41) is 5.05. The van der Waals surface area contributed by atoms with Crippen molar-refractivity contribution in [3.05, 3.63) is 78.4 Å². The number of alkyl halides is 3. The van der Waals surface area contributed by atoms with Gasteiger partial charge in [-0.2, -0.15) is 13.2 Å². The second-order valence-electron chi connectivity index (χ2n) is 8.71. The summed E-state index contributed by atoms with van der Waals surface area (Å²) in [5.41, 5.74) is 1.47. The molecule has 0 aliphatic carbocycles. The Hall–Kier alpha value is -3.86. The van der Waals surface area contributed by atoms with Crippen molar-refractivity contribution >= 4 is 33.2 Å². The Morgan fingerprint density at radius 1 is 0.973 bits per heavy atom. The maximum atomic E-state index is 13.1. The zero-order valence-electron chi connectivity index (χ0n) is 19.7. The Bertz CT molecular complexity index is 1410. The van der Waals surface area contributed by atoms with Gasteiger partial charge in [-0.1, -0.05) is 24.3 Å². The van der Waals surface area contributed by atoms with Crippen LogP contribution >= 0.6 is 0 Å². The quantitative estimate of drug-likeness (QED) is 0.479. The molecule has 3 aromatic carbocycles. The molecule has 3 aromatic rings. The van der Waals surface area contributed by atoms with Crippen molar-refractivity contribution in [2.75, 3.05) is 23.0 Å². The predicted molar refractivity (Wildman–Crippen MR) is 134 cm³/mol. The van der Waals surface area contributed by atoms with E-state index in [1.54, 1.807) is 47.4 Å². The van der Waals surface area contributed by atoms with Gasteiger partial charge >= 0.3 is 12.2 Å². The van der Waals surface area contributed by atoms with Crippen molar-refractivity contribution in [3.63, 3.8) is 0 Å². The van der Waals surface area contributed by atoms with Gasteiger partial charge in [-0.3, -0.25) is 4.79 Å². The molecule has 1 heterocycles. The van der Waals surface area contributed by atoms with Crippen LogP contribution in [0.25, 0.3) is 11.1 Å². The minimum Gasteiger partial charge on any atom is -0.326 e. The first kappa shape index (κ1) is 26.2. The van der Waals surface area contributed by atoms with Gasteiger partial charge in [0.1, 0.15) is 6.04 Å². The van der Waals surface area contributed by atoms with Crippen LogP contribution in [0.1, 0.15) is 18.4 Å². The molecule has 1 aliphatic heterocycles. The number of carbonyl (C=O) groups is 2. The zero-order chi connectivity index (χ0) is 26.8. The molecule has 7 nitrogen and oxygen atoms in total. The number of nitrogens with zero attached hydrogens (tertiary/aromatic N) is 1. The molecular formula is C26H24F3N3O4S. The van der Waals surface area contributed by atoms with Crippen LogP contribution in [0.4, 0.5) is 29.3 Å². The molecule has 3 amide bonds. The number of halogens is 3. The average Bonchev–Trinajstić information content (AvgIpc) is 2.85. The molecule has 1 saturated heterocycles. The first-order valence-electron chi connectivity index (χ1n) is 11.4. The summed E-state index contributed by atoms with van der Waals surface area (Å²) in [7, 11) is -3.35. The largest absolute Gasteiger partial charge is 0.416 e. The summed E-state index contributed by atoms with van der Waals surface area (Å²) in [6, 6.07) is 16.2. The van der Waals surface area contributed by atoms with E-state index >= 15 is 0 Å². The van der Waals surface area contributed by atoms with Crippen LogP contribution in [0.2, 0.25) is 0 Å². The highest BCUT2D eigenvalue weighted by atomic mass is 32.2. The molecule has 1 fully saturated rings. The number of amides is 3. The molecular weight excluding hydrogens is 507 g/mol. The lowest BCUT2D eigenvalue weighted by Gasteiger charge is -2.32. The summed E-state index contributed by atoms with van der Waals surface area (Å²) < 4.78 is 61.8. The Morgan fingerprint density at radius 2 is 1.65 bits per heavy atom. The molecule has 1 aliphatic rings. The van der Waals surface area contributed by atoms with Crippen molar-refractivity contribution in [3.8, 4) is 11.1 Å². The first-order valence-corrected chi connectivity index (χ1v) is 13.3. The number of sulfone groups is 1. The van der Waals surface area contributed by atoms with E-state index in [4.69, 9.17) is 0 Å². The van der Waals surface area contributed by atoms with E-state index in [1.807, 2.05) is 0 Å². The number of urea groups is 1. The smallest absolute Gasteiger partial charge is 0.326 e. The number of hydrogen-bond donors (Lipinski definition) is 2. The van der Waals surface area contributed by atoms with Gasteiger partial charge in [0, 0.05) is 24.2 Å². The van der Waals surface area contributed by atoms with Crippen molar-refractivity contribution in [1.82, 2.24) is 5.32 Å². The van der Waals surface area contributed by atoms with Gasteiger partial charge in [-0.25, -0.2) is 13.2 Å². The van der Waals surface area contributed by atoms with Gasteiger partial charge < -0.3 is 15.5 Å². The van der Waals surface area contributed by atoms with Crippen molar-refractivity contribution in [1.29, 1.82) is 0 Å². The third-order valence-corrected chi connectivity index (χ3v) is 7.10. The lowest BCUT2D eigenvalue weighted by atomic mass is 10.0. The zero-order valence-corrected chi connectivity index (χ0v) is 20.6. The van der Waals surface area contributed by atoms with E-state index in [9.17, 15) is 31.2 Å². The third-order valence-electron chi connectivity index (χ3n) is 5.99. The lowest BCUT2D eigenvalue weighted by molar-refractivity contribution is -0.137. The number of rotatable bonds is 5.